The van der Waals surface area contributed by atoms with Gasteiger partial charge in [-0.05, 0) is 48.9 Å². The normalized spacial score (nSPS) is 9.96. The van der Waals surface area contributed by atoms with Gasteiger partial charge in [0.05, 0.1) is 12.2 Å². The summed E-state index contributed by atoms with van der Waals surface area (Å²) in [6.45, 7) is 2.40. The summed E-state index contributed by atoms with van der Waals surface area (Å²) in [6, 6.07) is 9.56. The summed E-state index contributed by atoms with van der Waals surface area (Å²) in [6.07, 6.45) is 1.58. The van der Waals surface area contributed by atoms with Gasteiger partial charge in [0.15, 0.2) is 0 Å². The number of nitrogens with zero attached hydrogens (tertiary/aromatic N) is 1. The quantitative estimate of drug-likeness (QED) is 0.733. The largest absolute Gasteiger partial charge is 0.462 e. The number of anilines is 2. The van der Waals surface area contributed by atoms with Gasteiger partial charge in [0.25, 0.3) is 0 Å². The molecule has 23 heavy (non-hydrogen) atoms. The molecule has 2 rings (SSSR count). The summed E-state index contributed by atoms with van der Waals surface area (Å²) in [5.41, 5.74) is 7.43. The summed E-state index contributed by atoms with van der Waals surface area (Å²) < 4.78 is 4.89. The molecule has 7 heteroatoms. The van der Waals surface area contributed by atoms with Gasteiger partial charge in [0, 0.05) is 18.4 Å². The maximum Gasteiger partial charge on any atom is 0.338 e. The fraction of sp³-hybridized carbons (Fsp3) is 0.188. The van der Waals surface area contributed by atoms with Crippen molar-refractivity contribution in [2.45, 2.75) is 13.5 Å². The Morgan fingerprint density at radius 1 is 1.22 bits per heavy atom. The number of aromatic nitrogens is 1. The summed E-state index contributed by atoms with van der Waals surface area (Å²) in [4.78, 5) is 27.2. The molecule has 0 saturated heterocycles. The van der Waals surface area contributed by atoms with Gasteiger partial charge in [0.1, 0.15) is 5.82 Å². The van der Waals surface area contributed by atoms with Crippen LogP contribution in [0.3, 0.4) is 0 Å². The lowest BCUT2D eigenvalue weighted by molar-refractivity contribution is 0.0526. The molecular formula is C16H18N4O3. The zero-order chi connectivity index (χ0) is 16.7. The third-order valence-electron chi connectivity index (χ3n) is 2.95. The molecule has 0 unspecified atom stereocenters. The van der Waals surface area contributed by atoms with E-state index in [2.05, 4.69) is 15.6 Å². The van der Waals surface area contributed by atoms with E-state index < -0.39 is 5.97 Å². The van der Waals surface area contributed by atoms with Crippen LogP contribution in [0.25, 0.3) is 0 Å². The number of carbonyl (C=O) groups excluding carboxylic acids is 2. The molecule has 2 amide bonds. The van der Waals surface area contributed by atoms with Crippen molar-refractivity contribution >= 4 is 23.5 Å². The van der Waals surface area contributed by atoms with Crippen molar-refractivity contribution in [3.8, 4) is 0 Å². The molecule has 0 bridgehead atoms. The molecule has 0 fully saturated rings. The molecule has 0 radical (unpaired) electrons. The Morgan fingerprint density at radius 3 is 2.61 bits per heavy atom. The summed E-state index contributed by atoms with van der Waals surface area (Å²) in [5, 5.41) is 5.38. The molecule has 0 atom stereocenters. The number of pyridine rings is 1. The van der Waals surface area contributed by atoms with Crippen LogP contribution in [0.4, 0.5) is 16.3 Å². The van der Waals surface area contributed by atoms with Crippen LogP contribution in [0.5, 0.6) is 0 Å². The number of hydrogen-bond donors (Lipinski definition) is 3. The summed E-state index contributed by atoms with van der Waals surface area (Å²) >= 11 is 0. The second-order valence-corrected chi connectivity index (χ2v) is 4.69. The zero-order valence-corrected chi connectivity index (χ0v) is 12.7. The molecule has 4 N–H and O–H groups in total. The number of carbonyl (C=O) groups is 2. The second kappa shape index (κ2) is 7.79. The van der Waals surface area contributed by atoms with Gasteiger partial charge in [-0.1, -0.05) is 0 Å². The van der Waals surface area contributed by atoms with Gasteiger partial charge in [-0.15, -0.1) is 0 Å². The first kappa shape index (κ1) is 16.3. The van der Waals surface area contributed by atoms with Crippen LogP contribution in [0.15, 0.2) is 42.6 Å². The van der Waals surface area contributed by atoms with Crippen molar-refractivity contribution < 1.29 is 14.3 Å². The van der Waals surface area contributed by atoms with E-state index in [1.54, 1.807) is 49.5 Å². The molecule has 1 heterocycles. The van der Waals surface area contributed by atoms with Crippen LogP contribution in [0, 0.1) is 0 Å². The van der Waals surface area contributed by atoms with E-state index in [4.69, 9.17) is 10.5 Å². The van der Waals surface area contributed by atoms with Crippen LogP contribution >= 0.6 is 0 Å². The number of nitrogen functional groups attached to an aromatic ring is 1. The predicted octanol–water partition coefficient (Wildman–Crippen LogP) is 2.16. The number of urea groups is 1. The standard InChI is InChI=1S/C16H18N4O3/c1-2-23-15(21)12-3-5-13(6-4-12)20-16(22)19-10-11-7-8-18-14(17)9-11/h3-9H,2,10H2,1H3,(H2,17,18)(H2,19,20,22). The lowest BCUT2D eigenvalue weighted by Crippen LogP contribution is -2.28. The number of hydrogen-bond acceptors (Lipinski definition) is 5. The van der Waals surface area contributed by atoms with Gasteiger partial charge < -0.3 is 21.1 Å². The minimum Gasteiger partial charge on any atom is -0.462 e. The van der Waals surface area contributed by atoms with Crippen molar-refractivity contribution in [1.29, 1.82) is 0 Å². The first-order valence-electron chi connectivity index (χ1n) is 7.11. The highest BCUT2D eigenvalue weighted by Crippen LogP contribution is 2.10. The number of nitrogens with two attached hydrogens (primary N) is 1. The topological polar surface area (TPSA) is 106 Å². The van der Waals surface area contributed by atoms with Gasteiger partial charge in [0.2, 0.25) is 0 Å². The van der Waals surface area contributed by atoms with E-state index in [1.165, 1.54) is 0 Å². The monoisotopic (exact) mass is 314 g/mol. The van der Waals surface area contributed by atoms with Gasteiger partial charge in [-0.2, -0.15) is 0 Å². The highest BCUT2D eigenvalue weighted by molar-refractivity contribution is 5.92. The lowest BCUT2D eigenvalue weighted by atomic mass is 10.2. The fourth-order valence-corrected chi connectivity index (χ4v) is 1.87. The molecule has 0 saturated carbocycles. The first-order chi connectivity index (χ1) is 11.1. The molecule has 2 aromatic rings. The van der Waals surface area contributed by atoms with Crippen molar-refractivity contribution in [3.63, 3.8) is 0 Å². The van der Waals surface area contributed by atoms with Crippen LogP contribution in [-0.2, 0) is 11.3 Å². The lowest BCUT2D eigenvalue weighted by Gasteiger charge is -2.08. The summed E-state index contributed by atoms with van der Waals surface area (Å²) in [5.74, 6) is 0.0121. The Morgan fingerprint density at radius 2 is 1.96 bits per heavy atom. The Hall–Kier alpha value is -3.09. The Kier molecular flexibility index (Phi) is 5.51. The Balaban J connectivity index is 1.86. The number of nitrogens with one attached hydrogen (secondary N) is 2. The van der Waals surface area contributed by atoms with E-state index in [1.807, 2.05) is 0 Å². The first-order valence-corrected chi connectivity index (χ1v) is 7.11. The van der Waals surface area contributed by atoms with Crippen LogP contribution < -0.4 is 16.4 Å². The minimum atomic E-state index is -0.390. The third kappa shape index (κ3) is 4.99. The number of esters is 1. The third-order valence-corrected chi connectivity index (χ3v) is 2.95. The average Bonchev–Trinajstić information content (AvgIpc) is 2.54. The zero-order valence-electron chi connectivity index (χ0n) is 12.7. The predicted molar refractivity (Wildman–Crippen MR) is 86.9 cm³/mol. The molecule has 1 aromatic heterocycles. The van der Waals surface area contributed by atoms with Crippen molar-refractivity contribution in [2.24, 2.45) is 0 Å². The van der Waals surface area contributed by atoms with Crippen LogP contribution in [-0.4, -0.2) is 23.6 Å². The van der Waals surface area contributed by atoms with Crippen LogP contribution in [0.2, 0.25) is 0 Å². The molecule has 120 valence electrons. The summed E-state index contributed by atoms with van der Waals surface area (Å²) in [7, 11) is 0. The number of benzene rings is 1. The number of amides is 2. The molecule has 0 aliphatic rings. The minimum absolute atomic E-state index is 0.320. The van der Waals surface area contributed by atoms with Gasteiger partial charge in [-0.25, -0.2) is 14.6 Å². The molecule has 0 aliphatic heterocycles. The van der Waals surface area contributed by atoms with E-state index in [9.17, 15) is 9.59 Å². The van der Waals surface area contributed by atoms with Gasteiger partial charge in [-0.3, -0.25) is 0 Å². The van der Waals surface area contributed by atoms with Crippen LogP contribution in [0.1, 0.15) is 22.8 Å². The van der Waals surface area contributed by atoms with Crippen molar-refractivity contribution in [1.82, 2.24) is 10.3 Å². The average molecular weight is 314 g/mol. The fourth-order valence-electron chi connectivity index (χ4n) is 1.87. The number of ether oxygens (including phenoxy) is 1. The molecule has 7 nitrogen and oxygen atoms in total. The maximum absolute atomic E-state index is 11.8. The van der Waals surface area contributed by atoms with Crippen molar-refractivity contribution in [3.05, 3.63) is 53.7 Å². The molecular weight excluding hydrogens is 296 g/mol. The number of rotatable bonds is 5. The van der Waals surface area contributed by atoms with E-state index >= 15 is 0 Å². The van der Waals surface area contributed by atoms with Crippen molar-refractivity contribution in [2.75, 3.05) is 17.7 Å². The smallest absolute Gasteiger partial charge is 0.338 e. The van der Waals surface area contributed by atoms with Gasteiger partial charge >= 0.3 is 12.0 Å². The highest BCUT2D eigenvalue weighted by atomic mass is 16.5. The second-order valence-electron chi connectivity index (χ2n) is 4.69. The maximum atomic E-state index is 11.8. The van der Waals surface area contributed by atoms with E-state index in [-0.39, 0.29) is 6.03 Å². The Bertz CT molecular complexity index is 686. The van der Waals surface area contributed by atoms with E-state index in [0.717, 1.165) is 5.56 Å². The van der Waals surface area contributed by atoms with E-state index in [0.29, 0.717) is 30.2 Å². The molecule has 0 spiro atoms. The SMILES string of the molecule is CCOC(=O)c1ccc(NC(=O)NCc2ccnc(N)c2)cc1. The highest BCUT2D eigenvalue weighted by Gasteiger charge is 2.07. The Labute approximate surface area is 133 Å². The molecule has 1 aromatic carbocycles. The molecule has 0 aliphatic carbocycles.